The summed E-state index contributed by atoms with van der Waals surface area (Å²) in [6, 6.07) is 54.0. The molecule has 0 bridgehead atoms. The van der Waals surface area contributed by atoms with Gasteiger partial charge in [0, 0.05) is 28.1 Å². The van der Waals surface area contributed by atoms with E-state index in [9.17, 15) is 0 Å². The quantitative estimate of drug-likeness (QED) is 0.104. The molecule has 7 aromatic carbocycles. The molecule has 47 heavy (non-hydrogen) atoms. The minimum atomic E-state index is 0.743. The summed E-state index contributed by atoms with van der Waals surface area (Å²) in [6.07, 6.45) is 0. The minimum absolute atomic E-state index is 0.743. The Hall–Kier alpha value is -6.18. The van der Waals surface area contributed by atoms with Gasteiger partial charge in [0.1, 0.15) is 33.4 Å². The molecule has 0 aliphatic rings. The first-order chi connectivity index (χ1) is 23.3. The van der Waals surface area contributed by atoms with Crippen LogP contribution >= 0.6 is 11.7 Å². The van der Waals surface area contributed by atoms with Gasteiger partial charge in [-0.2, -0.15) is 8.75 Å². The first kappa shape index (κ1) is 27.2. The number of aromatic nitrogens is 4. The van der Waals surface area contributed by atoms with Gasteiger partial charge >= 0.3 is 0 Å². The van der Waals surface area contributed by atoms with Crippen LogP contribution in [-0.4, -0.2) is 18.7 Å². The van der Waals surface area contributed by atoms with Gasteiger partial charge in [-0.25, -0.2) is 9.97 Å². The maximum atomic E-state index is 5.54. The van der Waals surface area contributed by atoms with E-state index in [2.05, 4.69) is 143 Å². The third-order valence-corrected chi connectivity index (χ3v) is 8.98. The summed E-state index contributed by atoms with van der Waals surface area (Å²) in [5.41, 5.74) is 10.3. The van der Waals surface area contributed by atoms with Gasteiger partial charge in [0.2, 0.25) is 0 Å². The van der Waals surface area contributed by atoms with Crippen LogP contribution in [0.4, 0.5) is 34.1 Å². The van der Waals surface area contributed by atoms with E-state index in [1.54, 1.807) is 0 Å². The smallest absolute Gasteiger partial charge is 0.133 e. The number of nitrogens with zero attached hydrogens (tertiary/aromatic N) is 6. The number of benzene rings is 7. The molecule has 0 saturated carbocycles. The normalized spacial score (nSPS) is 11.4. The number of anilines is 6. The second-order valence-electron chi connectivity index (χ2n) is 11.2. The monoisotopic (exact) mass is 622 g/mol. The SMILES string of the molecule is c1ccc(N(c2ccccc2)c2c3nsnc3c(N(c3ccccc3)c3ccccc3)c3nc4c(ccc5ccccc54)nc23)cc1. The van der Waals surface area contributed by atoms with E-state index in [4.69, 9.17) is 18.7 Å². The summed E-state index contributed by atoms with van der Waals surface area (Å²) in [6.45, 7) is 0. The van der Waals surface area contributed by atoms with Crippen molar-refractivity contribution in [1.82, 2.24) is 18.7 Å². The Balaban J connectivity index is 1.49. The predicted molar refractivity (Wildman–Crippen MR) is 195 cm³/mol. The van der Waals surface area contributed by atoms with Crippen molar-refractivity contribution in [1.29, 1.82) is 0 Å². The first-order valence-electron chi connectivity index (χ1n) is 15.4. The first-order valence-corrected chi connectivity index (χ1v) is 16.2. The molecule has 0 N–H and O–H groups in total. The minimum Gasteiger partial charge on any atom is -0.306 e. The highest BCUT2D eigenvalue weighted by Gasteiger charge is 2.30. The fraction of sp³-hybridized carbons (Fsp3) is 0. The average Bonchev–Trinajstić information content (AvgIpc) is 3.63. The molecule has 0 spiro atoms. The zero-order chi connectivity index (χ0) is 31.2. The molecule has 7 heteroatoms. The summed E-state index contributed by atoms with van der Waals surface area (Å²) < 4.78 is 10.0. The zero-order valence-electron chi connectivity index (χ0n) is 25.1. The standard InChI is InChI=1S/C40H26N6S/c1-5-16-28(17-6-1)45(29-18-7-2-8-19-29)39-35-36(42-34-32-24-14-13-15-27(32)25-26-33(34)41-35)40(38-37(39)43-47-44-38)46(30-20-9-3-10-21-30)31-22-11-4-12-23-31/h1-26H. The number of para-hydroxylation sites is 4. The largest absolute Gasteiger partial charge is 0.306 e. The van der Waals surface area contributed by atoms with Crippen LogP contribution in [0.1, 0.15) is 0 Å². The molecule has 9 aromatic rings. The molecule has 0 amide bonds. The van der Waals surface area contributed by atoms with Crippen molar-refractivity contribution < 1.29 is 0 Å². The lowest BCUT2D eigenvalue weighted by molar-refractivity contribution is 1.26. The van der Waals surface area contributed by atoms with E-state index in [-0.39, 0.29) is 0 Å². The molecular formula is C40H26N6S. The molecule has 2 heterocycles. The molecule has 0 saturated heterocycles. The van der Waals surface area contributed by atoms with Crippen LogP contribution in [0.2, 0.25) is 0 Å². The van der Waals surface area contributed by atoms with Crippen molar-refractivity contribution >= 4 is 89.7 Å². The Morgan fingerprint density at radius 1 is 0.362 bits per heavy atom. The van der Waals surface area contributed by atoms with Gasteiger partial charge in [-0.05, 0) is 60.0 Å². The highest BCUT2D eigenvalue weighted by atomic mass is 32.1. The van der Waals surface area contributed by atoms with E-state index in [1.165, 1.54) is 11.7 Å². The molecule has 0 aliphatic heterocycles. The second-order valence-corrected chi connectivity index (χ2v) is 11.8. The number of hydrogen-bond donors (Lipinski definition) is 0. The van der Waals surface area contributed by atoms with E-state index in [1.807, 2.05) is 24.3 Å². The van der Waals surface area contributed by atoms with Crippen molar-refractivity contribution in [2.75, 3.05) is 9.80 Å². The third-order valence-electron chi connectivity index (χ3n) is 8.45. The van der Waals surface area contributed by atoms with Gasteiger partial charge in [-0.15, -0.1) is 0 Å². The molecule has 0 atom stereocenters. The molecule has 0 radical (unpaired) electrons. The summed E-state index contributed by atoms with van der Waals surface area (Å²) in [5, 5.41) is 2.17. The van der Waals surface area contributed by atoms with Gasteiger partial charge in [-0.3, -0.25) is 0 Å². The molecule has 2 aromatic heterocycles. The highest BCUT2D eigenvalue weighted by Crippen LogP contribution is 2.49. The number of fused-ring (bicyclic) bond motifs is 5. The van der Waals surface area contributed by atoms with E-state index in [0.29, 0.717) is 0 Å². The van der Waals surface area contributed by atoms with Crippen molar-refractivity contribution in [3.8, 4) is 0 Å². The van der Waals surface area contributed by atoms with Gasteiger partial charge in [0.05, 0.1) is 22.8 Å². The Bertz CT molecular complexity index is 2440. The van der Waals surface area contributed by atoms with Crippen LogP contribution in [0.25, 0.3) is 43.9 Å². The van der Waals surface area contributed by atoms with Crippen molar-refractivity contribution in [3.05, 3.63) is 158 Å². The van der Waals surface area contributed by atoms with Crippen LogP contribution in [0.15, 0.2) is 158 Å². The van der Waals surface area contributed by atoms with Crippen molar-refractivity contribution in [2.45, 2.75) is 0 Å². The maximum absolute atomic E-state index is 5.54. The highest BCUT2D eigenvalue weighted by molar-refractivity contribution is 7.00. The van der Waals surface area contributed by atoms with E-state index >= 15 is 0 Å². The summed E-state index contributed by atoms with van der Waals surface area (Å²) in [7, 11) is 0. The lowest BCUT2D eigenvalue weighted by atomic mass is 10.1. The van der Waals surface area contributed by atoms with Crippen LogP contribution in [0.3, 0.4) is 0 Å². The summed E-state index contributed by atoms with van der Waals surface area (Å²) >= 11 is 1.21. The van der Waals surface area contributed by atoms with Crippen molar-refractivity contribution in [2.24, 2.45) is 0 Å². The molecular weight excluding hydrogens is 597 g/mol. The Labute approximate surface area is 275 Å². The van der Waals surface area contributed by atoms with Gasteiger partial charge < -0.3 is 9.80 Å². The molecule has 0 unspecified atom stereocenters. The lowest BCUT2D eigenvalue weighted by Gasteiger charge is -2.30. The Kier molecular flexibility index (Phi) is 6.54. The van der Waals surface area contributed by atoms with E-state index in [0.717, 1.165) is 78.0 Å². The zero-order valence-corrected chi connectivity index (χ0v) is 25.9. The van der Waals surface area contributed by atoms with Gasteiger partial charge in [0.15, 0.2) is 0 Å². The predicted octanol–water partition coefficient (Wildman–Crippen LogP) is 10.9. The van der Waals surface area contributed by atoms with Crippen molar-refractivity contribution in [3.63, 3.8) is 0 Å². The Morgan fingerprint density at radius 2 is 0.787 bits per heavy atom. The van der Waals surface area contributed by atoms with Gasteiger partial charge in [0.25, 0.3) is 0 Å². The van der Waals surface area contributed by atoms with Gasteiger partial charge in [-0.1, -0.05) is 103 Å². The Morgan fingerprint density at radius 3 is 1.28 bits per heavy atom. The average molecular weight is 623 g/mol. The van der Waals surface area contributed by atoms with Crippen LogP contribution in [-0.2, 0) is 0 Å². The number of rotatable bonds is 6. The number of hydrogen-bond acceptors (Lipinski definition) is 7. The van der Waals surface area contributed by atoms with Crippen LogP contribution in [0.5, 0.6) is 0 Å². The molecule has 0 fully saturated rings. The fourth-order valence-electron chi connectivity index (χ4n) is 6.39. The molecule has 9 rings (SSSR count). The second kappa shape index (κ2) is 11.3. The van der Waals surface area contributed by atoms with Crippen LogP contribution < -0.4 is 9.80 Å². The molecule has 6 nitrogen and oxygen atoms in total. The fourth-order valence-corrected chi connectivity index (χ4v) is 6.94. The van der Waals surface area contributed by atoms with Crippen LogP contribution in [0, 0.1) is 0 Å². The lowest BCUT2D eigenvalue weighted by Crippen LogP contribution is -2.15. The summed E-state index contributed by atoms with van der Waals surface area (Å²) in [4.78, 5) is 15.5. The molecule has 0 aliphatic carbocycles. The third kappa shape index (κ3) is 4.56. The summed E-state index contributed by atoms with van der Waals surface area (Å²) in [5.74, 6) is 0. The molecule has 222 valence electrons. The van der Waals surface area contributed by atoms with E-state index < -0.39 is 0 Å². The maximum Gasteiger partial charge on any atom is 0.133 e. The topological polar surface area (TPSA) is 58.0 Å².